The van der Waals surface area contributed by atoms with E-state index in [1.54, 1.807) is 0 Å². The number of sulfonamides is 1. The van der Waals surface area contributed by atoms with Gasteiger partial charge in [-0.15, -0.1) is 0 Å². The van der Waals surface area contributed by atoms with Crippen molar-refractivity contribution in [2.45, 2.75) is 17.4 Å². The Labute approximate surface area is 150 Å². The largest absolute Gasteiger partial charge is 0.467 e. The number of esters is 1. The van der Waals surface area contributed by atoms with Crippen molar-refractivity contribution in [1.82, 2.24) is 10.0 Å². The Bertz CT molecular complexity index is 709. The molecule has 0 aliphatic carbocycles. The highest BCUT2D eigenvalue weighted by atomic mass is 35.5. The van der Waals surface area contributed by atoms with Crippen LogP contribution in [0.2, 0.25) is 5.02 Å². The third-order valence-electron chi connectivity index (χ3n) is 3.15. The van der Waals surface area contributed by atoms with Crippen molar-refractivity contribution in [3.05, 3.63) is 28.8 Å². The van der Waals surface area contributed by atoms with Crippen molar-refractivity contribution in [3.63, 3.8) is 0 Å². The second-order valence-corrected chi connectivity index (χ2v) is 7.93. The summed E-state index contributed by atoms with van der Waals surface area (Å²) >= 11 is 7.41. The summed E-state index contributed by atoms with van der Waals surface area (Å²) in [6.45, 7) is 0. The van der Waals surface area contributed by atoms with Crippen LogP contribution < -0.4 is 10.0 Å². The molecule has 10 heteroatoms. The second kappa shape index (κ2) is 9.26. The molecule has 0 radical (unpaired) electrons. The van der Waals surface area contributed by atoms with E-state index >= 15 is 0 Å². The summed E-state index contributed by atoms with van der Waals surface area (Å²) in [5.74, 6) is -0.495. The number of amides is 1. The third kappa shape index (κ3) is 5.37. The van der Waals surface area contributed by atoms with Gasteiger partial charge in [0, 0.05) is 5.56 Å². The zero-order valence-electron chi connectivity index (χ0n) is 13.5. The lowest BCUT2D eigenvalue weighted by molar-refractivity contribution is -0.142. The topological polar surface area (TPSA) is 102 Å². The molecule has 0 aliphatic heterocycles. The molecule has 1 aromatic carbocycles. The van der Waals surface area contributed by atoms with Crippen LogP contribution in [0.4, 0.5) is 0 Å². The summed E-state index contributed by atoms with van der Waals surface area (Å²) in [5.41, 5.74) is 0.0753. The van der Waals surface area contributed by atoms with E-state index in [4.69, 9.17) is 11.6 Å². The summed E-state index contributed by atoms with van der Waals surface area (Å²) in [7, 11) is -1.32. The predicted octanol–water partition coefficient (Wildman–Crippen LogP) is 1.27. The van der Waals surface area contributed by atoms with Gasteiger partial charge in [0.05, 0.1) is 12.1 Å². The van der Waals surface area contributed by atoms with Gasteiger partial charge in [-0.25, -0.2) is 17.9 Å². The number of hydrogen-bond donors (Lipinski definition) is 2. The Morgan fingerprint density at radius 3 is 2.58 bits per heavy atom. The molecule has 1 rings (SSSR count). The van der Waals surface area contributed by atoms with Crippen LogP contribution in [-0.4, -0.2) is 52.5 Å². The minimum Gasteiger partial charge on any atom is -0.467 e. The average molecular weight is 395 g/mol. The number of benzene rings is 1. The standard InChI is InChI=1S/C14H19ClN2O5S2/c1-16-24(20,21)12-8-9(4-5-10(12)15)13(18)17-11(6-7-23-3)14(19)22-2/h4-5,8,11,16H,6-7H2,1-3H3,(H,17,18)/t11-/m1/s1. The van der Waals surface area contributed by atoms with Crippen molar-refractivity contribution >= 4 is 45.3 Å². The highest BCUT2D eigenvalue weighted by Gasteiger charge is 2.23. The minimum absolute atomic E-state index is 0.00667. The Balaban J connectivity index is 3.06. The molecule has 0 fully saturated rings. The van der Waals surface area contributed by atoms with Gasteiger partial charge < -0.3 is 10.1 Å². The van der Waals surface area contributed by atoms with E-state index in [1.165, 1.54) is 38.1 Å². The molecule has 1 amide bonds. The highest BCUT2D eigenvalue weighted by molar-refractivity contribution is 7.98. The van der Waals surface area contributed by atoms with E-state index in [0.29, 0.717) is 12.2 Å². The summed E-state index contributed by atoms with van der Waals surface area (Å²) in [6, 6.07) is 3.05. The maximum absolute atomic E-state index is 12.3. The molecule has 0 aromatic heterocycles. The van der Waals surface area contributed by atoms with Gasteiger partial charge in [0.1, 0.15) is 10.9 Å². The first kappa shape index (κ1) is 20.8. The van der Waals surface area contributed by atoms with Crippen LogP contribution in [0.1, 0.15) is 16.8 Å². The van der Waals surface area contributed by atoms with Gasteiger partial charge in [-0.3, -0.25) is 4.79 Å². The molecule has 0 unspecified atom stereocenters. The van der Waals surface area contributed by atoms with Gasteiger partial charge in [0.2, 0.25) is 10.0 Å². The van der Waals surface area contributed by atoms with Gasteiger partial charge in [0.15, 0.2) is 0 Å². The minimum atomic E-state index is -3.81. The summed E-state index contributed by atoms with van der Waals surface area (Å²) in [5, 5.41) is 2.54. The smallest absolute Gasteiger partial charge is 0.328 e. The Kier molecular flexibility index (Phi) is 8.01. The number of rotatable bonds is 8. The number of nitrogens with one attached hydrogen (secondary N) is 2. The van der Waals surface area contributed by atoms with Crippen LogP contribution in [0.25, 0.3) is 0 Å². The lowest BCUT2D eigenvalue weighted by Crippen LogP contribution is -2.42. The van der Waals surface area contributed by atoms with Crippen molar-refractivity contribution in [2.75, 3.05) is 26.2 Å². The first-order valence-corrected chi connectivity index (χ1v) is 10.1. The summed E-state index contributed by atoms with van der Waals surface area (Å²) in [4.78, 5) is 23.9. The normalized spacial score (nSPS) is 12.5. The number of hydrogen-bond acceptors (Lipinski definition) is 6. The molecule has 0 aliphatic rings. The van der Waals surface area contributed by atoms with E-state index in [-0.39, 0.29) is 15.5 Å². The quantitative estimate of drug-likeness (QED) is 0.644. The second-order valence-electron chi connectivity index (χ2n) is 4.68. The van der Waals surface area contributed by atoms with Gasteiger partial charge in [0.25, 0.3) is 5.91 Å². The molecule has 0 bridgehead atoms. The maximum atomic E-state index is 12.3. The van der Waals surface area contributed by atoms with E-state index in [9.17, 15) is 18.0 Å². The van der Waals surface area contributed by atoms with E-state index in [1.807, 2.05) is 6.26 Å². The van der Waals surface area contributed by atoms with E-state index < -0.39 is 27.9 Å². The molecule has 0 heterocycles. The molecule has 2 N–H and O–H groups in total. The van der Waals surface area contributed by atoms with Gasteiger partial charge in [-0.2, -0.15) is 11.8 Å². The zero-order valence-corrected chi connectivity index (χ0v) is 15.8. The molecule has 7 nitrogen and oxygen atoms in total. The number of carbonyl (C=O) groups excluding carboxylic acids is 2. The van der Waals surface area contributed by atoms with Crippen molar-refractivity contribution in [2.24, 2.45) is 0 Å². The molecular formula is C14H19ClN2O5S2. The number of methoxy groups -OCH3 is 1. The zero-order chi connectivity index (χ0) is 18.3. The van der Waals surface area contributed by atoms with Gasteiger partial charge >= 0.3 is 5.97 Å². The highest BCUT2D eigenvalue weighted by Crippen LogP contribution is 2.22. The fraction of sp³-hybridized carbons (Fsp3) is 0.429. The van der Waals surface area contributed by atoms with Crippen molar-refractivity contribution < 1.29 is 22.7 Å². The predicted molar refractivity (Wildman–Crippen MR) is 94.0 cm³/mol. The fourth-order valence-electron chi connectivity index (χ4n) is 1.83. The molecule has 0 saturated heterocycles. The maximum Gasteiger partial charge on any atom is 0.328 e. The Morgan fingerprint density at radius 1 is 1.38 bits per heavy atom. The van der Waals surface area contributed by atoms with Crippen LogP contribution in [0.5, 0.6) is 0 Å². The first-order valence-electron chi connectivity index (χ1n) is 6.87. The Hall–Kier alpha value is -1.29. The molecule has 1 atom stereocenters. The van der Waals surface area contributed by atoms with E-state index in [0.717, 1.165) is 6.07 Å². The molecule has 0 saturated carbocycles. The lowest BCUT2D eigenvalue weighted by Gasteiger charge is -2.16. The Morgan fingerprint density at radius 2 is 2.04 bits per heavy atom. The molecule has 0 spiro atoms. The van der Waals surface area contributed by atoms with Crippen LogP contribution in [0, 0.1) is 0 Å². The summed E-state index contributed by atoms with van der Waals surface area (Å²) in [6.07, 6.45) is 2.28. The molecule has 1 aromatic rings. The first-order chi connectivity index (χ1) is 11.3. The number of carbonyl (C=O) groups is 2. The van der Waals surface area contributed by atoms with Crippen molar-refractivity contribution in [1.29, 1.82) is 0 Å². The van der Waals surface area contributed by atoms with Crippen LogP contribution in [0.15, 0.2) is 23.1 Å². The van der Waals surface area contributed by atoms with Crippen LogP contribution >= 0.6 is 23.4 Å². The van der Waals surface area contributed by atoms with Gasteiger partial charge in [-0.1, -0.05) is 11.6 Å². The van der Waals surface area contributed by atoms with Gasteiger partial charge in [-0.05, 0) is 43.7 Å². The fourth-order valence-corrected chi connectivity index (χ4v) is 3.55. The average Bonchev–Trinajstić information content (AvgIpc) is 2.57. The number of halogens is 1. The number of ether oxygens (including phenoxy) is 1. The van der Waals surface area contributed by atoms with Crippen LogP contribution in [0.3, 0.4) is 0 Å². The van der Waals surface area contributed by atoms with E-state index in [2.05, 4.69) is 14.8 Å². The molecule has 24 heavy (non-hydrogen) atoms. The molecule has 134 valence electrons. The van der Waals surface area contributed by atoms with Crippen molar-refractivity contribution in [3.8, 4) is 0 Å². The SMILES string of the molecule is CNS(=O)(=O)c1cc(C(=O)N[C@H](CCSC)C(=O)OC)ccc1Cl. The number of thioether (sulfide) groups is 1. The summed E-state index contributed by atoms with van der Waals surface area (Å²) < 4.78 is 30.6. The monoisotopic (exact) mass is 394 g/mol. The third-order valence-corrected chi connectivity index (χ3v) is 5.69. The molecular weight excluding hydrogens is 376 g/mol. The lowest BCUT2D eigenvalue weighted by atomic mass is 10.1. The van der Waals surface area contributed by atoms with Crippen LogP contribution in [-0.2, 0) is 19.6 Å².